The lowest BCUT2D eigenvalue weighted by Crippen LogP contribution is -2.29. The molecule has 4 rings (SSSR count). The van der Waals surface area contributed by atoms with Gasteiger partial charge in [-0.3, -0.25) is 9.59 Å². The van der Waals surface area contributed by atoms with E-state index in [9.17, 15) is 9.59 Å². The van der Waals surface area contributed by atoms with Crippen molar-refractivity contribution in [3.05, 3.63) is 47.5 Å². The molecule has 204 valence electrons. The Hall–Kier alpha value is -3.42. The number of ether oxygens (including phenoxy) is 4. The van der Waals surface area contributed by atoms with Crippen molar-refractivity contribution in [2.75, 3.05) is 13.2 Å². The lowest BCUT2D eigenvalue weighted by atomic mass is 10.1. The van der Waals surface area contributed by atoms with Crippen molar-refractivity contribution in [2.24, 2.45) is 11.5 Å². The van der Waals surface area contributed by atoms with Crippen LogP contribution in [-0.4, -0.2) is 37.2 Å². The highest BCUT2D eigenvalue weighted by Crippen LogP contribution is 2.34. The second kappa shape index (κ2) is 15.0. The van der Waals surface area contributed by atoms with Crippen LogP contribution in [0.25, 0.3) is 0 Å². The fourth-order valence-corrected chi connectivity index (χ4v) is 4.07. The molecule has 2 aromatic rings. The van der Waals surface area contributed by atoms with Crippen molar-refractivity contribution < 1.29 is 28.5 Å². The minimum atomic E-state index is -0.452. The lowest BCUT2D eigenvalue weighted by molar-refractivity contribution is 0.0824. The molecule has 0 aliphatic carbocycles. The molecule has 0 aromatic heterocycles. The summed E-state index contributed by atoms with van der Waals surface area (Å²) in [6, 6.07) is 10.1. The fraction of sp³-hybridized carbons (Fsp3) is 0.517. The van der Waals surface area contributed by atoms with E-state index in [1.54, 1.807) is 36.4 Å². The maximum atomic E-state index is 11.1. The molecule has 2 amide bonds. The molecule has 0 fully saturated rings. The smallest absolute Gasteiger partial charge is 0.248 e. The maximum Gasteiger partial charge on any atom is 0.248 e. The topological polar surface area (TPSA) is 123 Å². The molecular weight excluding hydrogens is 472 g/mol. The van der Waals surface area contributed by atoms with Crippen LogP contribution in [0, 0.1) is 0 Å². The summed E-state index contributed by atoms with van der Waals surface area (Å²) in [6.45, 7) is 5.47. The summed E-state index contributed by atoms with van der Waals surface area (Å²) in [5.41, 5.74) is 11.4. The molecule has 0 spiro atoms. The van der Waals surface area contributed by atoms with E-state index in [1.807, 2.05) is 0 Å². The molecule has 0 saturated carbocycles. The fourth-order valence-electron chi connectivity index (χ4n) is 4.07. The predicted molar refractivity (Wildman–Crippen MR) is 145 cm³/mol. The Balaban J connectivity index is 0.000000253. The van der Waals surface area contributed by atoms with Gasteiger partial charge in [0.25, 0.3) is 0 Å². The number of nitrogens with two attached hydrogens (primary N) is 2. The summed E-state index contributed by atoms with van der Waals surface area (Å²) in [4.78, 5) is 22.2. The van der Waals surface area contributed by atoms with Gasteiger partial charge in [-0.05, 0) is 62.1 Å². The maximum absolute atomic E-state index is 11.1. The Morgan fingerprint density at radius 3 is 1.68 bits per heavy atom. The number of hydrogen-bond donors (Lipinski definition) is 2. The first-order valence-corrected chi connectivity index (χ1v) is 12.9. The summed E-state index contributed by atoms with van der Waals surface area (Å²) in [5, 5.41) is 0. The molecule has 8 nitrogen and oxygen atoms in total. The number of unbranched alkanes of at least 4 members (excludes halogenated alkanes) is 4. The number of fused-ring (bicyclic) bond motifs is 2. The third kappa shape index (κ3) is 8.88. The van der Waals surface area contributed by atoms with Gasteiger partial charge in [0.15, 0.2) is 23.0 Å². The highest BCUT2D eigenvalue weighted by Gasteiger charge is 2.22. The van der Waals surface area contributed by atoms with Crippen molar-refractivity contribution in [3.63, 3.8) is 0 Å². The van der Waals surface area contributed by atoms with Gasteiger partial charge in [-0.2, -0.15) is 0 Å². The van der Waals surface area contributed by atoms with E-state index in [0.29, 0.717) is 47.3 Å². The Morgan fingerprint density at radius 1 is 0.703 bits per heavy atom. The second-order valence-corrected chi connectivity index (χ2v) is 9.14. The molecule has 0 saturated heterocycles. The van der Waals surface area contributed by atoms with E-state index >= 15 is 0 Å². The van der Waals surface area contributed by atoms with Crippen LogP contribution >= 0.6 is 0 Å². The largest absolute Gasteiger partial charge is 0.486 e. The average molecular weight is 515 g/mol. The van der Waals surface area contributed by atoms with Gasteiger partial charge in [0.2, 0.25) is 11.8 Å². The van der Waals surface area contributed by atoms with Gasteiger partial charge >= 0.3 is 0 Å². The Kier molecular flexibility index (Phi) is 12.1. The number of carbonyl (C=O) groups excluding carboxylic acids is 2. The van der Waals surface area contributed by atoms with Gasteiger partial charge in [-0.15, -0.1) is 0 Å². The first kappa shape index (κ1) is 29.8. The number of carbonyl (C=O) groups is 2. The van der Waals surface area contributed by atoms with Crippen LogP contribution in [0.2, 0.25) is 0 Å². The van der Waals surface area contributed by atoms with Crippen LogP contribution in [0.5, 0.6) is 23.0 Å². The zero-order chi connectivity index (χ0) is 25.9. The lowest BCUT2D eigenvalue weighted by Gasteiger charge is -2.26. The molecule has 37 heavy (non-hydrogen) atoms. The van der Waals surface area contributed by atoms with Crippen molar-refractivity contribution >= 4 is 11.8 Å². The van der Waals surface area contributed by atoms with E-state index in [1.165, 1.54) is 25.7 Å². The van der Waals surface area contributed by atoms with Crippen LogP contribution in [0.15, 0.2) is 36.4 Å². The number of amides is 2. The molecule has 2 unspecified atom stereocenters. The van der Waals surface area contributed by atoms with Crippen molar-refractivity contribution in [2.45, 2.75) is 84.8 Å². The van der Waals surface area contributed by atoms with Crippen molar-refractivity contribution in [3.8, 4) is 23.0 Å². The Labute approximate surface area is 220 Å². The van der Waals surface area contributed by atoms with E-state index in [4.69, 9.17) is 30.4 Å². The minimum absolute atomic E-state index is 0. The van der Waals surface area contributed by atoms with Gasteiger partial charge in [0, 0.05) is 11.1 Å². The molecule has 4 N–H and O–H groups in total. The van der Waals surface area contributed by atoms with Gasteiger partial charge in [0.05, 0.1) is 0 Å². The first-order chi connectivity index (χ1) is 17.4. The first-order valence-electron chi connectivity index (χ1n) is 12.9. The number of hydrogen-bond acceptors (Lipinski definition) is 6. The van der Waals surface area contributed by atoms with Crippen LogP contribution in [-0.2, 0) is 0 Å². The highest BCUT2D eigenvalue weighted by atomic mass is 16.6. The van der Waals surface area contributed by atoms with Crippen molar-refractivity contribution in [1.29, 1.82) is 0 Å². The van der Waals surface area contributed by atoms with Gasteiger partial charge in [-0.25, -0.2) is 0 Å². The van der Waals surface area contributed by atoms with Crippen LogP contribution in [0.4, 0.5) is 0 Å². The van der Waals surface area contributed by atoms with Gasteiger partial charge < -0.3 is 30.4 Å². The second-order valence-electron chi connectivity index (χ2n) is 9.14. The number of rotatable bonds is 10. The highest BCUT2D eigenvalue weighted by molar-refractivity contribution is 5.94. The zero-order valence-corrected chi connectivity index (χ0v) is 21.3. The van der Waals surface area contributed by atoms with E-state index < -0.39 is 11.8 Å². The van der Waals surface area contributed by atoms with Gasteiger partial charge in [0.1, 0.15) is 25.4 Å². The normalized spacial score (nSPS) is 17.0. The van der Waals surface area contributed by atoms with E-state index in [-0.39, 0.29) is 19.6 Å². The Morgan fingerprint density at radius 2 is 1.16 bits per heavy atom. The molecule has 8 heteroatoms. The third-order valence-corrected chi connectivity index (χ3v) is 6.15. The predicted octanol–water partition coefficient (Wildman–Crippen LogP) is 5.65. The van der Waals surface area contributed by atoms with Gasteiger partial charge in [-0.1, -0.05) is 47.0 Å². The molecule has 2 atom stereocenters. The van der Waals surface area contributed by atoms with Crippen molar-refractivity contribution in [1.82, 2.24) is 0 Å². The molecule has 2 heterocycles. The summed E-state index contributed by atoms with van der Waals surface area (Å²) in [5.74, 6) is 1.72. The third-order valence-electron chi connectivity index (χ3n) is 6.15. The summed E-state index contributed by atoms with van der Waals surface area (Å²) >= 11 is 0. The van der Waals surface area contributed by atoms with Crippen LogP contribution in [0.1, 0.15) is 93.4 Å². The number of primary amides is 2. The molecule has 2 aliphatic rings. The summed E-state index contributed by atoms with van der Waals surface area (Å²) < 4.78 is 22.9. The molecule has 0 radical (unpaired) electrons. The molecule has 2 aromatic carbocycles. The van der Waals surface area contributed by atoms with Crippen LogP contribution in [0.3, 0.4) is 0 Å². The molecular formula is C29H42N2O6. The minimum Gasteiger partial charge on any atom is -0.486 e. The monoisotopic (exact) mass is 514 g/mol. The quantitative estimate of drug-likeness (QED) is 0.395. The standard InChI is InChI=1S/2C14H19NO3.CH4/c1-2-3-4-5-11-9-17-13-8-10(14(15)16)6-7-12(13)18-11;1-2-3-4-5-11-9-17-12-7-6-10(14(15)16)8-13(12)18-11;/h2*6-8,11H,2-5,9H2,1H3,(H2,15,16);1H4. The molecule has 0 bridgehead atoms. The summed E-state index contributed by atoms with van der Waals surface area (Å²) in [6.07, 6.45) is 9.27. The van der Waals surface area contributed by atoms with E-state index in [2.05, 4.69) is 13.8 Å². The zero-order valence-electron chi connectivity index (χ0n) is 21.3. The molecule has 2 aliphatic heterocycles. The number of benzene rings is 2. The van der Waals surface area contributed by atoms with E-state index in [0.717, 1.165) is 25.7 Å². The Bertz CT molecular complexity index is 1030. The van der Waals surface area contributed by atoms with Crippen LogP contribution < -0.4 is 30.4 Å². The average Bonchev–Trinajstić information content (AvgIpc) is 2.88. The SMILES string of the molecule is C.CCCCCC1COc2cc(C(N)=O)ccc2O1.CCCCCC1COc2ccc(C(N)=O)cc2O1. The summed E-state index contributed by atoms with van der Waals surface area (Å²) in [7, 11) is 0.